The molecule has 1 aliphatic heterocycles. The quantitative estimate of drug-likeness (QED) is 0.264. The zero-order valence-corrected chi connectivity index (χ0v) is 22.6. The van der Waals surface area contributed by atoms with E-state index >= 15 is 0 Å². The molecule has 2 aromatic carbocycles. The van der Waals surface area contributed by atoms with Crippen LogP contribution < -0.4 is 10.6 Å². The van der Waals surface area contributed by atoms with E-state index in [1.165, 1.54) is 38.3 Å². The first kappa shape index (κ1) is 27.5. The Hall–Kier alpha value is -2.07. The van der Waals surface area contributed by atoms with Crippen molar-refractivity contribution in [3.8, 4) is 0 Å². The van der Waals surface area contributed by atoms with Crippen molar-refractivity contribution in [2.75, 3.05) is 58.0 Å². The van der Waals surface area contributed by atoms with Crippen LogP contribution in [-0.2, 0) is 31.6 Å². The molecule has 2 N–H and O–H groups in total. The number of nitrogens with one attached hydrogen (secondary N) is 2. The van der Waals surface area contributed by atoms with Gasteiger partial charge in [-0.05, 0) is 7.05 Å². The van der Waals surface area contributed by atoms with Crippen molar-refractivity contribution in [3.63, 3.8) is 0 Å². The fourth-order valence-corrected chi connectivity index (χ4v) is 4.74. The molecule has 0 atom stereocenters. The summed E-state index contributed by atoms with van der Waals surface area (Å²) in [6.07, 6.45) is 2.93. The molecule has 8 nitrogen and oxygen atoms in total. The maximum absolute atomic E-state index is 12.5. The molecule has 1 aliphatic rings. The third-order valence-corrected chi connectivity index (χ3v) is 8.20. The monoisotopic (exact) mass is 560 g/mol. The first-order valence-corrected chi connectivity index (χ1v) is 13.4. The van der Waals surface area contributed by atoms with Gasteiger partial charge < -0.3 is 4.90 Å². The number of piperazine rings is 1. The van der Waals surface area contributed by atoms with Crippen molar-refractivity contribution in [1.82, 2.24) is 14.1 Å². The van der Waals surface area contributed by atoms with Gasteiger partial charge in [0.25, 0.3) is 0 Å². The van der Waals surface area contributed by atoms with Crippen LogP contribution in [0.3, 0.4) is 0 Å². The van der Waals surface area contributed by atoms with Crippen LogP contribution in [0.2, 0.25) is 0 Å². The molecule has 0 aromatic heterocycles. The molecule has 1 heterocycles. The van der Waals surface area contributed by atoms with Crippen LogP contribution in [0.5, 0.6) is 0 Å². The maximum Gasteiger partial charge on any atom is 0.0113 e. The SMILES string of the molecule is CN1CCN(Cc2ccc(NC=N/C=C(/Cl)[C](=[Ni])Nc3ccccc3S(=O)(=O)N(C)C)cc2)CC1. The van der Waals surface area contributed by atoms with Gasteiger partial charge in [-0.3, -0.25) is 0 Å². The molecular formula is C24H31ClN6NiO2S. The number of nitrogens with zero attached hydrogens (tertiary/aromatic N) is 4. The van der Waals surface area contributed by atoms with Crippen LogP contribution in [0.15, 0.2) is 69.7 Å². The molecule has 1 saturated heterocycles. The number of halogens is 1. The molecule has 1 fully saturated rings. The Kier molecular flexibility index (Phi) is 10.0. The molecular weight excluding hydrogens is 531 g/mol. The topological polar surface area (TPSA) is 80.3 Å². The third-order valence-electron chi connectivity index (χ3n) is 5.53. The molecule has 0 bridgehead atoms. The van der Waals surface area contributed by atoms with Crippen LogP contribution in [0.25, 0.3) is 0 Å². The second-order valence-electron chi connectivity index (χ2n) is 8.37. The summed E-state index contributed by atoms with van der Waals surface area (Å²) >= 11 is 11.2. The van der Waals surface area contributed by atoms with Crippen LogP contribution in [-0.4, -0.2) is 80.8 Å². The number of likely N-dealkylation sites (N-methyl/N-ethyl adjacent to an activating group) is 1. The molecule has 192 valence electrons. The Morgan fingerprint density at radius 2 is 1.77 bits per heavy atom. The Balaban J connectivity index is 1.54. The van der Waals surface area contributed by atoms with E-state index in [2.05, 4.69) is 44.6 Å². The van der Waals surface area contributed by atoms with Gasteiger partial charge in [0.05, 0.1) is 0 Å². The van der Waals surface area contributed by atoms with E-state index in [9.17, 15) is 8.42 Å². The summed E-state index contributed by atoms with van der Waals surface area (Å²) in [5.74, 6) is 0. The summed E-state index contributed by atoms with van der Waals surface area (Å²) in [7, 11) is 1.47. The van der Waals surface area contributed by atoms with Crippen molar-refractivity contribution < 1.29 is 23.4 Å². The van der Waals surface area contributed by atoms with Gasteiger partial charge in [-0.15, -0.1) is 0 Å². The first-order valence-electron chi connectivity index (χ1n) is 11.1. The minimum atomic E-state index is -3.64. The molecule has 0 saturated carbocycles. The summed E-state index contributed by atoms with van der Waals surface area (Å²) in [6.45, 7) is 5.34. The van der Waals surface area contributed by atoms with Gasteiger partial charge in [-0.2, -0.15) is 0 Å². The summed E-state index contributed by atoms with van der Waals surface area (Å²) in [5.41, 5.74) is 2.54. The van der Waals surface area contributed by atoms with E-state index in [1.54, 1.807) is 18.2 Å². The summed E-state index contributed by atoms with van der Waals surface area (Å²) in [6, 6.07) is 14.8. The second kappa shape index (κ2) is 12.8. The molecule has 0 unspecified atom stereocenters. The number of para-hydroxylation sites is 1. The predicted octanol–water partition coefficient (Wildman–Crippen LogP) is 2.99. The Labute approximate surface area is 220 Å². The predicted molar refractivity (Wildman–Crippen MR) is 141 cm³/mol. The third kappa shape index (κ3) is 7.97. The zero-order valence-electron chi connectivity index (χ0n) is 20.0. The van der Waals surface area contributed by atoms with E-state index in [1.807, 2.05) is 12.1 Å². The van der Waals surface area contributed by atoms with Crippen molar-refractivity contribution in [2.24, 2.45) is 4.99 Å². The minimum Gasteiger partial charge on any atom is 0.0107 e. The van der Waals surface area contributed by atoms with E-state index in [0.717, 1.165) is 42.7 Å². The molecule has 0 radical (unpaired) electrons. The van der Waals surface area contributed by atoms with Gasteiger partial charge in [-0.25, -0.2) is 0 Å². The van der Waals surface area contributed by atoms with Gasteiger partial charge in [0.15, 0.2) is 0 Å². The van der Waals surface area contributed by atoms with Crippen LogP contribution in [0, 0.1) is 0 Å². The number of sulfonamides is 1. The Bertz CT molecular complexity index is 1180. The number of benzene rings is 2. The van der Waals surface area contributed by atoms with Crippen LogP contribution in [0.1, 0.15) is 5.56 Å². The van der Waals surface area contributed by atoms with E-state index in [0.29, 0.717) is 5.69 Å². The molecule has 0 spiro atoms. The maximum atomic E-state index is 12.5. The molecule has 11 heteroatoms. The fourth-order valence-electron chi connectivity index (χ4n) is 3.40. The molecule has 3 rings (SSSR count). The summed E-state index contributed by atoms with van der Waals surface area (Å²) < 4.78 is 26.4. The van der Waals surface area contributed by atoms with Gasteiger partial charge in [0.2, 0.25) is 0 Å². The van der Waals surface area contributed by atoms with E-state index < -0.39 is 10.0 Å². The number of anilines is 2. The molecule has 2 aromatic rings. The van der Waals surface area contributed by atoms with Gasteiger partial charge in [0.1, 0.15) is 0 Å². The normalized spacial score (nSPS) is 16.1. The van der Waals surface area contributed by atoms with Crippen molar-refractivity contribution in [3.05, 3.63) is 65.3 Å². The molecule has 35 heavy (non-hydrogen) atoms. The number of hydrogen-bond acceptors (Lipinski definition) is 6. The van der Waals surface area contributed by atoms with E-state index in [-0.39, 0.29) is 14.5 Å². The van der Waals surface area contributed by atoms with Gasteiger partial charge in [-0.1, -0.05) is 0 Å². The number of hydrogen-bond donors (Lipinski definition) is 2. The largest absolute Gasteiger partial charge is 0.0113 e. The smallest absolute Gasteiger partial charge is 0.0107 e. The summed E-state index contributed by atoms with van der Waals surface area (Å²) in [5, 5.41) is 6.22. The zero-order chi connectivity index (χ0) is 25.4. The van der Waals surface area contributed by atoms with Gasteiger partial charge >= 0.3 is 183 Å². The van der Waals surface area contributed by atoms with Crippen LogP contribution in [0.4, 0.5) is 11.4 Å². The molecule has 0 amide bonds. The fraction of sp³-hybridized carbons (Fsp3) is 0.333. The Morgan fingerprint density at radius 1 is 1.11 bits per heavy atom. The summed E-state index contributed by atoms with van der Waals surface area (Å²) in [4.78, 5) is 9.09. The van der Waals surface area contributed by atoms with E-state index in [4.69, 9.17) is 26.6 Å². The van der Waals surface area contributed by atoms with Crippen molar-refractivity contribution in [1.29, 1.82) is 0 Å². The Morgan fingerprint density at radius 3 is 2.43 bits per heavy atom. The first-order chi connectivity index (χ1) is 16.7. The standard InChI is InChI=1S/C24H31ClN6O2S.Ni/c1-29(2)34(32,33)24-7-5-4-6-23(24)27-17-21(25)16-26-19-28-22-10-8-20(9-11-22)18-31-14-12-30(3)13-15-31;/h4-11,16,19,27H,12-15,18H2,1-3H3,(H,26,28);/b21-16+;. The molecule has 0 aliphatic carbocycles. The number of rotatable bonds is 10. The minimum absolute atomic E-state index is 0.116. The van der Waals surface area contributed by atoms with Crippen molar-refractivity contribution in [2.45, 2.75) is 11.4 Å². The average molecular weight is 562 g/mol. The van der Waals surface area contributed by atoms with Crippen LogP contribution >= 0.6 is 11.6 Å². The average Bonchev–Trinajstić information content (AvgIpc) is 2.84. The van der Waals surface area contributed by atoms with Gasteiger partial charge in [0, 0.05) is 26.2 Å². The second-order valence-corrected chi connectivity index (χ2v) is 11.4. The van der Waals surface area contributed by atoms with Crippen molar-refractivity contribution >= 4 is 44.0 Å². The number of aliphatic imine (C=N–C) groups is 1.